The molecule has 0 radical (unpaired) electrons. The molecule has 0 saturated carbocycles. The average Bonchev–Trinajstić information content (AvgIpc) is 2.81. The van der Waals surface area contributed by atoms with Crippen molar-refractivity contribution in [2.24, 2.45) is 0 Å². The molecule has 1 fully saturated rings. The van der Waals surface area contributed by atoms with Crippen LogP contribution in [-0.4, -0.2) is 86.5 Å². The Balaban J connectivity index is 0.000000873. The maximum Gasteiger partial charge on any atom is 0.119 e. The first-order chi connectivity index (χ1) is 15.7. The molecule has 1 heterocycles. The second-order valence-corrected chi connectivity index (χ2v) is 8.29. The lowest BCUT2D eigenvalue weighted by Gasteiger charge is -2.40. The van der Waals surface area contributed by atoms with E-state index in [0.29, 0.717) is 23.6 Å². The van der Waals surface area contributed by atoms with Gasteiger partial charge in [-0.05, 0) is 55.2 Å². The van der Waals surface area contributed by atoms with E-state index in [0.717, 1.165) is 16.9 Å². The minimum absolute atomic E-state index is 0. The highest BCUT2D eigenvalue weighted by molar-refractivity contribution is 6.31. The van der Waals surface area contributed by atoms with Crippen molar-refractivity contribution in [3.05, 3.63) is 64.2 Å². The zero-order valence-electron chi connectivity index (χ0n) is 19.2. The van der Waals surface area contributed by atoms with Crippen molar-refractivity contribution in [1.82, 2.24) is 0 Å². The molecule has 0 aromatic heterocycles. The molecule has 3 rings (SSSR count). The molecule has 6 atom stereocenters. The van der Waals surface area contributed by atoms with Gasteiger partial charge in [-0.15, -0.1) is 0 Å². The molecule has 9 nitrogen and oxygen atoms in total. The van der Waals surface area contributed by atoms with E-state index >= 15 is 0 Å². The Morgan fingerprint density at radius 2 is 1.62 bits per heavy atom. The van der Waals surface area contributed by atoms with Gasteiger partial charge in [-0.3, -0.25) is 0 Å². The lowest BCUT2D eigenvalue weighted by Crippen LogP contribution is -2.55. The lowest BCUT2D eigenvalue weighted by molar-refractivity contribution is -0.231. The molecule has 1 saturated heterocycles. The number of halogens is 1. The zero-order chi connectivity index (χ0) is 24.5. The summed E-state index contributed by atoms with van der Waals surface area (Å²) in [5.41, 5.74) is 2.49. The van der Waals surface area contributed by atoms with Crippen LogP contribution in [-0.2, 0) is 11.2 Å². The van der Waals surface area contributed by atoms with E-state index in [2.05, 4.69) is 0 Å². The number of benzene rings is 2. The van der Waals surface area contributed by atoms with Crippen LogP contribution in [0.25, 0.3) is 0 Å². The SMILES string of the molecule is CCOc1ccc(Cc2cc(C3O[C@H](CO)[C@@H](O)[C@H](O)[C@H]3O)ccc2Cl)cc1.C[C@H](O)CO.O. The zero-order valence-corrected chi connectivity index (χ0v) is 20.0. The Hall–Kier alpha value is -1.79. The van der Waals surface area contributed by atoms with E-state index in [1.54, 1.807) is 12.1 Å². The third kappa shape index (κ3) is 8.16. The monoisotopic (exact) mass is 502 g/mol. The summed E-state index contributed by atoms with van der Waals surface area (Å²) in [4.78, 5) is 0. The van der Waals surface area contributed by atoms with Gasteiger partial charge in [0.1, 0.15) is 36.3 Å². The molecule has 2 aromatic rings. The van der Waals surface area contributed by atoms with Gasteiger partial charge in [0.05, 0.1) is 25.9 Å². The van der Waals surface area contributed by atoms with Crippen LogP contribution in [0.15, 0.2) is 42.5 Å². The van der Waals surface area contributed by atoms with Gasteiger partial charge in [-0.1, -0.05) is 35.9 Å². The maximum atomic E-state index is 10.3. The van der Waals surface area contributed by atoms with Crippen LogP contribution >= 0.6 is 11.6 Å². The van der Waals surface area contributed by atoms with Crippen LogP contribution in [0.4, 0.5) is 0 Å². The van der Waals surface area contributed by atoms with Crippen molar-refractivity contribution in [2.75, 3.05) is 19.8 Å². The normalized spacial score (nSPS) is 24.9. The molecule has 1 unspecified atom stereocenters. The van der Waals surface area contributed by atoms with E-state index in [4.69, 9.17) is 31.3 Å². The van der Waals surface area contributed by atoms with Crippen molar-refractivity contribution in [1.29, 1.82) is 0 Å². The number of hydrogen-bond donors (Lipinski definition) is 6. The Morgan fingerprint density at radius 3 is 2.15 bits per heavy atom. The fourth-order valence-corrected chi connectivity index (χ4v) is 3.56. The van der Waals surface area contributed by atoms with Crippen LogP contribution in [0.5, 0.6) is 5.75 Å². The molecule has 0 aliphatic carbocycles. The van der Waals surface area contributed by atoms with Gasteiger partial charge in [0.25, 0.3) is 0 Å². The van der Waals surface area contributed by atoms with Crippen molar-refractivity contribution in [3.8, 4) is 5.75 Å². The van der Waals surface area contributed by atoms with Crippen molar-refractivity contribution < 1.29 is 45.6 Å². The first kappa shape index (κ1) is 30.2. The lowest BCUT2D eigenvalue weighted by atomic mass is 9.90. The van der Waals surface area contributed by atoms with Crippen LogP contribution in [0.3, 0.4) is 0 Å². The second kappa shape index (κ2) is 14.6. The predicted octanol–water partition coefficient (Wildman–Crippen LogP) is 0.379. The van der Waals surface area contributed by atoms with Gasteiger partial charge in [0.15, 0.2) is 0 Å². The third-order valence-corrected chi connectivity index (χ3v) is 5.55. The quantitative estimate of drug-likeness (QED) is 0.315. The summed E-state index contributed by atoms with van der Waals surface area (Å²) in [7, 11) is 0. The highest BCUT2D eigenvalue weighted by atomic mass is 35.5. The molecule has 34 heavy (non-hydrogen) atoms. The summed E-state index contributed by atoms with van der Waals surface area (Å²) in [6.45, 7) is 3.46. The molecule has 0 bridgehead atoms. The van der Waals surface area contributed by atoms with Crippen LogP contribution in [0, 0.1) is 0 Å². The molecular weight excluding hydrogens is 468 g/mol. The number of aliphatic hydroxyl groups is 6. The third-order valence-electron chi connectivity index (χ3n) is 5.18. The Bertz CT molecular complexity index is 845. The first-order valence-electron chi connectivity index (χ1n) is 10.8. The van der Waals surface area contributed by atoms with Crippen LogP contribution < -0.4 is 4.74 Å². The van der Waals surface area contributed by atoms with E-state index in [1.807, 2.05) is 37.3 Å². The average molecular weight is 503 g/mol. The molecule has 0 amide bonds. The van der Waals surface area contributed by atoms with E-state index in [9.17, 15) is 20.4 Å². The summed E-state index contributed by atoms with van der Waals surface area (Å²) in [5.74, 6) is 0.799. The van der Waals surface area contributed by atoms with Gasteiger partial charge >= 0.3 is 0 Å². The van der Waals surface area contributed by atoms with Gasteiger partial charge < -0.3 is 45.6 Å². The molecular formula is C24H35ClO9. The molecule has 1 aliphatic rings. The second-order valence-electron chi connectivity index (χ2n) is 7.89. The molecule has 10 heteroatoms. The van der Waals surface area contributed by atoms with Gasteiger partial charge in [-0.2, -0.15) is 0 Å². The number of hydrogen-bond acceptors (Lipinski definition) is 8. The van der Waals surface area contributed by atoms with Gasteiger partial charge in [-0.25, -0.2) is 0 Å². The molecule has 1 aliphatic heterocycles. The summed E-state index contributed by atoms with van der Waals surface area (Å²) >= 11 is 6.35. The highest BCUT2D eigenvalue weighted by Gasteiger charge is 2.44. The van der Waals surface area contributed by atoms with Crippen molar-refractivity contribution in [2.45, 2.75) is 56.9 Å². The van der Waals surface area contributed by atoms with Crippen molar-refractivity contribution in [3.63, 3.8) is 0 Å². The highest BCUT2D eigenvalue weighted by Crippen LogP contribution is 2.34. The fraction of sp³-hybridized carbons (Fsp3) is 0.500. The molecule has 8 N–H and O–H groups in total. The van der Waals surface area contributed by atoms with Crippen LogP contribution in [0.2, 0.25) is 5.02 Å². The van der Waals surface area contributed by atoms with Crippen molar-refractivity contribution >= 4 is 11.6 Å². The summed E-state index contributed by atoms with van der Waals surface area (Å²) in [5, 5.41) is 56.3. The van der Waals surface area contributed by atoms with Gasteiger partial charge in [0.2, 0.25) is 0 Å². The van der Waals surface area contributed by atoms with Gasteiger partial charge in [0, 0.05) is 5.02 Å². The summed E-state index contributed by atoms with van der Waals surface area (Å²) in [6, 6.07) is 12.9. The van der Waals surface area contributed by atoms with Crippen LogP contribution in [0.1, 0.15) is 36.6 Å². The fourth-order valence-electron chi connectivity index (χ4n) is 3.37. The van der Waals surface area contributed by atoms with E-state index < -0.39 is 43.2 Å². The minimum Gasteiger partial charge on any atom is -0.494 e. The standard InChI is InChI=1S/C21H25ClO6.C3H8O2.H2O/c1-2-27-15-6-3-12(4-7-15)9-14-10-13(5-8-16(14)22)21-20(26)19(25)18(24)17(11-23)28-21;1-3(5)2-4;/h3-8,10,17-21,23-26H,2,9,11H2,1H3;3-5H,2H2,1H3;1H2/t17-,18-,19+,20-,21?;3-;/m10./s1. The summed E-state index contributed by atoms with van der Waals surface area (Å²) < 4.78 is 11.1. The first-order valence-corrected chi connectivity index (χ1v) is 11.2. The number of rotatable bonds is 7. The summed E-state index contributed by atoms with van der Waals surface area (Å²) in [6.07, 6.45) is -5.95. The smallest absolute Gasteiger partial charge is 0.119 e. The minimum atomic E-state index is -1.42. The number of ether oxygens (including phenoxy) is 2. The Morgan fingerprint density at radius 1 is 1.00 bits per heavy atom. The largest absolute Gasteiger partial charge is 0.494 e. The maximum absolute atomic E-state index is 10.3. The topological polar surface area (TPSA) is 171 Å². The predicted molar refractivity (Wildman–Crippen MR) is 127 cm³/mol. The van der Waals surface area contributed by atoms with E-state index in [-0.39, 0.29) is 12.1 Å². The Kier molecular flexibility index (Phi) is 13.0. The Labute approximate surface area is 204 Å². The molecule has 2 aromatic carbocycles. The molecule has 0 spiro atoms. The molecule has 192 valence electrons. The number of aliphatic hydroxyl groups excluding tert-OH is 6. The van der Waals surface area contributed by atoms with E-state index in [1.165, 1.54) is 6.92 Å².